The Morgan fingerprint density at radius 1 is 1.17 bits per heavy atom. The minimum absolute atomic E-state index is 0.330. The quantitative estimate of drug-likeness (QED) is 0.237. The summed E-state index contributed by atoms with van der Waals surface area (Å²) in [5.41, 5.74) is 3.51. The number of ether oxygens (including phenoxy) is 3. The summed E-state index contributed by atoms with van der Waals surface area (Å²) in [4.78, 5) is 23.9. The Kier molecular flexibility index (Phi) is 8.89. The molecule has 0 atom stereocenters. The molecular weight excluding hydrogens is 454 g/mol. The number of amides is 2. The molecule has 0 aliphatic heterocycles. The summed E-state index contributed by atoms with van der Waals surface area (Å²) in [5.74, 6) is 0.613. The smallest absolute Gasteiger partial charge is 0.249 e. The van der Waals surface area contributed by atoms with Crippen LogP contribution in [0.15, 0.2) is 58.6 Å². The number of nitrogens with zero attached hydrogens (tertiary/aromatic N) is 1. The molecule has 0 aromatic heterocycles. The minimum Gasteiger partial charge on any atom is -0.497 e. The molecule has 0 fully saturated rings. The molecule has 9 heteroatoms. The maximum absolute atomic E-state index is 12.0. The van der Waals surface area contributed by atoms with Gasteiger partial charge in [0.25, 0.3) is 0 Å². The maximum Gasteiger partial charge on any atom is 0.249 e. The number of carbonyl (C=O) groups is 2. The lowest BCUT2D eigenvalue weighted by atomic mass is 10.2. The van der Waals surface area contributed by atoms with Crippen LogP contribution in [-0.4, -0.2) is 38.9 Å². The number of halogens is 1. The molecule has 30 heavy (non-hydrogen) atoms. The van der Waals surface area contributed by atoms with Crippen molar-refractivity contribution in [1.82, 2.24) is 5.43 Å². The topological polar surface area (TPSA) is 98.2 Å². The van der Waals surface area contributed by atoms with E-state index in [1.807, 2.05) is 0 Å². The zero-order chi connectivity index (χ0) is 21.9. The van der Waals surface area contributed by atoms with Gasteiger partial charge in [0.2, 0.25) is 11.8 Å². The highest BCUT2D eigenvalue weighted by atomic mass is 79.9. The monoisotopic (exact) mass is 475 g/mol. The van der Waals surface area contributed by atoms with Gasteiger partial charge in [-0.1, -0.05) is 18.7 Å². The average Bonchev–Trinajstić information content (AvgIpc) is 2.72. The standard InChI is InChI=1S/C21H22BrN3O5/c1-4-8-30-21-17(22)9-14(10-18(21)29-3)13-23-25-20(27)12-19(26)24-15-6-5-7-16(11-15)28-2/h4-7,9-11,13H,1,8,12H2,2-3H3,(H,24,26)(H,25,27). The molecule has 8 nitrogen and oxygen atoms in total. The molecule has 2 amide bonds. The molecule has 2 rings (SSSR count). The molecule has 0 heterocycles. The Labute approximate surface area is 183 Å². The van der Waals surface area contributed by atoms with Gasteiger partial charge in [0, 0.05) is 11.8 Å². The Morgan fingerprint density at radius 2 is 1.97 bits per heavy atom. The number of hydrogen-bond donors (Lipinski definition) is 2. The van der Waals surface area contributed by atoms with Gasteiger partial charge in [-0.3, -0.25) is 9.59 Å². The van der Waals surface area contributed by atoms with Crippen LogP contribution in [0, 0.1) is 0 Å². The lowest BCUT2D eigenvalue weighted by Crippen LogP contribution is -2.24. The maximum atomic E-state index is 12.0. The fourth-order valence-electron chi connectivity index (χ4n) is 2.37. The van der Waals surface area contributed by atoms with Crippen LogP contribution in [0.5, 0.6) is 17.2 Å². The normalized spacial score (nSPS) is 10.4. The van der Waals surface area contributed by atoms with E-state index in [1.54, 1.807) is 42.5 Å². The van der Waals surface area contributed by atoms with E-state index in [-0.39, 0.29) is 6.42 Å². The van der Waals surface area contributed by atoms with Crippen molar-refractivity contribution in [3.8, 4) is 17.2 Å². The molecule has 0 saturated carbocycles. The van der Waals surface area contributed by atoms with Crippen molar-refractivity contribution in [2.24, 2.45) is 5.10 Å². The zero-order valence-corrected chi connectivity index (χ0v) is 18.2. The molecule has 0 unspecified atom stereocenters. The van der Waals surface area contributed by atoms with Gasteiger partial charge in [0.15, 0.2) is 11.5 Å². The van der Waals surface area contributed by atoms with Gasteiger partial charge in [-0.2, -0.15) is 5.10 Å². The molecule has 0 aliphatic carbocycles. The number of hydrogen-bond acceptors (Lipinski definition) is 6. The van der Waals surface area contributed by atoms with Gasteiger partial charge in [-0.05, 0) is 45.8 Å². The predicted octanol–water partition coefficient (Wildman–Crippen LogP) is 3.51. The number of hydrazone groups is 1. The van der Waals surface area contributed by atoms with Gasteiger partial charge in [0.05, 0.1) is 24.9 Å². The van der Waals surface area contributed by atoms with Crippen molar-refractivity contribution in [2.45, 2.75) is 6.42 Å². The minimum atomic E-state index is -0.552. The Morgan fingerprint density at radius 3 is 2.67 bits per heavy atom. The van der Waals surface area contributed by atoms with E-state index in [1.165, 1.54) is 20.4 Å². The molecule has 2 aromatic carbocycles. The van der Waals surface area contributed by atoms with Crippen molar-refractivity contribution >= 4 is 39.6 Å². The fraction of sp³-hybridized carbons (Fsp3) is 0.190. The summed E-state index contributed by atoms with van der Waals surface area (Å²) in [6.07, 6.45) is 2.68. The summed E-state index contributed by atoms with van der Waals surface area (Å²) >= 11 is 3.41. The summed E-state index contributed by atoms with van der Waals surface area (Å²) < 4.78 is 16.6. The Bertz CT molecular complexity index is 946. The van der Waals surface area contributed by atoms with E-state index < -0.39 is 11.8 Å². The van der Waals surface area contributed by atoms with E-state index in [0.717, 1.165) is 0 Å². The van der Waals surface area contributed by atoms with Crippen LogP contribution in [0.1, 0.15) is 12.0 Å². The third-order valence-electron chi connectivity index (χ3n) is 3.67. The predicted molar refractivity (Wildman–Crippen MR) is 118 cm³/mol. The first kappa shape index (κ1) is 23.0. The average molecular weight is 476 g/mol. The van der Waals surface area contributed by atoms with Crippen LogP contribution in [0.2, 0.25) is 0 Å². The van der Waals surface area contributed by atoms with E-state index in [0.29, 0.717) is 39.6 Å². The fourth-order valence-corrected chi connectivity index (χ4v) is 2.94. The van der Waals surface area contributed by atoms with Crippen LogP contribution >= 0.6 is 15.9 Å². The molecule has 158 valence electrons. The second-order valence-electron chi connectivity index (χ2n) is 5.88. The number of rotatable bonds is 10. The second kappa shape index (κ2) is 11.6. The molecule has 2 N–H and O–H groups in total. The van der Waals surface area contributed by atoms with Gasteiger partial charge in [-0.25, -0.2) is 5.43 Å². The van der Waals surface area contributed by atoms with Crippen molar-refractivity contribution in [3.05, 3.63) is 59.1 Å². The van der Waals surface area contributed by atoms with E-state index >= 15 is 0 Å². The highest BCUT2D eigenvalue weighted by Crippen LogP contribution is 2.36. The first-order valence-corrected chi connectivity index (χ1v) is 9.63. The summed E-state index contributed by atoms with van der Waals surface area (Å²) in [7, 11) is 3.05. The number of nitrogens with one attached hydrogen (secondary N) is 2. The van der Waals surface area contributed by atoms with Crippen LogP contribution < -0.4 is 25.0 Å². The largest absolute Gasteiger partial charge is 0.497 e. The third kappa shape index (κ3) is 6.93. The lowest BCUT2D eigenvalue weighted by molar-refractivity contribution is -0.126. The highest BCUT2D eigenvalue weighted by molar-refractivity contribution is 9.10. The Hall–Kier alpha value is -3.33. The number of methoxy groups -OCH3 is 2. The van der Waals surface area contributed by atoms with Crippen LogP contribution in [-0.2, 0) is 9.59 Å². The first-order chi connectivity index (χ1) is 14.5. The Balaban J connectivity index is 1.92. The number of benzene rings is 2. The number of anilines is 1. The molecule has 0 bridgehead atoms. The molecule has 2 aromatic rings. The second-order valence-corrected chi connectivity index (χ2v) is 6.74. The van der Waals surface area contributed by atoms with Gasteiger partial charge < -0.3 is 19.5 Å². The molecule has 0 spiro atoms. The van der Waals surface area contributed by atoms with Crippen LogP contribution in [0.3, 0.4) is 0 Å². The van der Waals surface area contributed by atoms with Gasteiger partial charge in [0.1, 0.15) is 18.8 Å². The SMILES string of the molecule is C=CCOc1c(Br)cc(C=NNC(=O)CC(=O)Nc2cccc(OC)c2)cc1OC. The van der Waals surface area contributed by atoms with Crippen molar-refractivity contribution < 1.29 is 23.8 Å². The lowest BCUT2D eigenvalue weighted by Gasteiger charge is -2.12. The molecule has 0 aliphatic rings. The van der Waals surface area contributed by atoms with E-state index in [4.69, 9.17) is 14.2 Å². The van der Waals surface area contributed by atoms with Crippen molar-refractivity contribution in [2.75, 3.05) is 26.1 Å². The zero-order valence-electron chi connectivity index (χ0n) is 16.6. The number of carbonyl (C=O) groups excluding carboxylic acids is 2. The third-order valence-corrected chi connectivity index (χ3v) is 4.26. The van der Waals surface area contributed by atoms with E-state index in [9.17, 15) is 9.59 Å². The molecular formula is C21H22BrN3O5. The first-order valence-electron chi connectivity index (χ1n) is 8.83. The molecule has 0 saturated heterocycles. The van der Waals surface area contributed by atoms with Crippen LogP contribution in [0.4, 0.5) is 5.69 Å². The summed E-state index contributed by atoms with van der Waals surface area (Å²) in [6, 6.07) is 10.3. The van der Waals surface area contributed by atoms with Crippen molar-refractivity contribution in [3.63, 3.8) is 0 Å². The highest BCUT2D eigenvalue weighted by Gasteiger charge is 2.12. The summed E-state index contributed by atoms with van der Waals surface area (Å²) in [6.45, 7) is 3.94. The van der Waals surface area contributed by atoms with Gasteiger partial charge >= 0.3 is 0 Å². The van der Waals surface area contributed by atoms with Crippen LogP contribution in [0.25, 0.3) is 0 Å². The van der Waals surface area contributed by atoms with Crippen molar-refractivity contribution in [1.29, 1.82) is 0 Å². The summed E-state index contributed by atoms with van der Waals surface area (Å²) in [5, 5.41) is 6.51. The van der Waals surface area contributed by atoms with Gasteiger partial charge in [-0.15, -0.1) is 0 Å². The van der Waals surface area contributed by atoms with E-state index in [2.05, 4.69) is 38.4 Å². The molecule has 0 radical (unpaired) electrons.